The second-order valence-corrected chi connectivity index (χ2v) is 8.81. The topological polar surface area (TPSA) is 0 Å². The summed E-state index contributed by atoms with van der Waals surface area (Å²) in [5.41, 5.74) is 0. The summed E-state index contributed by atoms with van der Waals surface area (Å²) < 4.78 is 0. The molecule has 0 heterocycles. The van der Waals surface area contributed by atoms with Crippen LogP contribution in [0.4, 0.5) is 0 Å². The second kappa shape index (κ2) is 13.2. The summed E-state index contributed by atoms with van der Waals surface area (Å²) >= 11 is 3.83. The molecular formula is C4H13B3P3S2. The zero-order valence-corrected chi connectivity index (χ0v) is 12.1. The molecule has 0 aromatic heterocycles. The van der Waals surface area contributed by atoms with E-state index in [4.69, 9.17) is 0 Å². The van der Waals surface area contributed by atoms with Crippen molar-refractivity contribution in [3.8, 4) is 0 Å². The van der Waals surface area contributed by atoms with Crippen molar-refractivity contribution in [2.45, 2.75) is 6.82 Å². The first-order valence-electron chi connectivity index (χ1n) is 3.70. The van der Waals surface area contributed by atoms with Crippen LogP contribution in [0.25, 0.3) is 0 Å². The summed E-state index contributed by atoms with van der Waals surface area (Å²) in [5.74, 6) is 1.38. The van der Waals surface area contributed by atoms with Gasteiger partial charge in [-0.1, -0.05) is 13.5 Å². The summed E-state index contributed by atoms with van der Waals surface area (Å²) in [6.07, 6.45) is 2.37. The Morgan fingerprint density at radius 1 is 1.25 bits per heavy atom. The molecule has 0 amide bonds. The summed E-state index contributed by atoms with van der Waals surface area (Å²) in [6.45, 7) is 8.89. The molecule has 3 radical (unpaired) electrons. The molecule has 0 N–H and O–H groups in total. The van der Waals surface area contributed by atoms with Gasteiger partial charge in [0.15, 0.2) is 13.3 Å². The van der Waals surface area contributed by atoms with Gasteiger partial charge in [0.05, 0.1) is 0 Å². The summed E-state index contributed by atoms with van der Waals surface area (Å²) in [6, 6.07) is 0. The van der Waals surface area contributed by atoms with E-state index >= 15 is 0 Å². The molecule has 0 saturated heterocycles. The third-order valence-electron chi connectivity index (χ3n) is 0.920. The maximum absolute atomic E-state index is 2.42. The van der Waals surface area contributed by atoms with E-state index in [1.165, 1.54) is 11.0 Å². The number of hydrogen-bond acceptors (Lipinski definition) is 2. The molecule has 0 saturated carbocycles. The highest BCUT2D eigenvalue weighted by Gasteiger charge is 1.92. The van der Waals surface area contributed by atoms with Crippen molar-refractivity contribution >= 4 is 68.2 Å². The molecular weight excluding hydrogens is 238 g/mol. The Bertz CT molecular complexity index is 79.9. The van der Waals surface area contributed by atoms with Gasteiger partial charge in [0.2, 0.25) is 6.28 Å². The van der Waals surface area contributed by atoms with Crippen LogP contribution in [0, 0.1) is 0 Å². The Morgan fingerprint density at radius 3 is 2.75 bits per heavy atom. The average molecular weight is 251 g/mol. The van der Waals surface area contributed by atoms with Crippen LogP contribution in [0.2, 0.25) is 6.82 Å². The van der Waals surface area contributed by atoms with Crippen molar-refractivity contribution in [1.82, 2.24) is 0 Å². The highest BCUT2D eigenvalue weighted by Crippen LogP contribution is 2.28. The van der Waals surface area contributed by atoms with Gasteiger partial charge in [0, 0.05) is 5.08 Å². The van der Waals surface area contributed by atoms with Gasteiger partial charge in [0.1, 0.15) is 0 Å². The quantitative estimate of drug-likeness (QED) is 0.267. The standard InChI is InChI=1S/C4H13B3P3S2/c1-5-11-4-12-7-10-3-9-6-8-2/h8-10H,3-4H2,1-2H3. The molecule has 65 valence electrons. The normalized spacial score (nSPS) is 12.5. The minimum absolute atomic E-state index is 1.03. The largest absolute Gasteiger partial charge is 0.223 e. The average Bonchev–Trinajstić information content (AvgIpc) is 2.10. The predicted molar refractivity (Wildman–Crippen MR) is 78.9 cm³/mol. The monoisotopic (exact) mass is 251 g/mol. The van der Waals surface area contributed by atoms with Crippen LogP contribution in [-0.2, 0) is 0 Å². The molecule has 0 fully saturated rings. The van der Waals surface area contributed by atoms with E-state index in [1.807, 2.05) is 23.2 Å². The Labute approximate surface area is 92.5 Å². The van der Waals surface area contributed by atoms with E-state index in [2.05, 4.69) is 33.0 Å². The summed E-state index contributed by atoms with van der Waals surface area (Å²) in [4.78, 5) is 0. The zero-order valence-electron chi connectivity index (χ0n) is 7.46. The molecule has 0 spiro atoms. The summed E-state index contributed by atoms with van der Waals surface area (Å²) in [7, 11) is 3.17. The van der Waals surface area contributed by atoms with Gasteiger partial charge < -0.3 is 0 Å². The lowest BCUT2D eigenvalue weighted by molar-refractivity contribution is 2.29. The van der Waals surface area contributed by atoms with Crippen LogP contribution in [0.1, 0.15) is 0 Å². The van der Waals surface area contributed by atoms with Crippen molar-refractivity contribution in [2.75, 3.05) is 17.7 Å². The lowest BCUT2D eigenvalue weighted by Gasteiger charge is -1.99. The van der Waals surface area contributed by atoms with Crippen molar-refractivity contribution in [1.29, 1.82) is 0 Å². The highest BCUT2D eigenvalue weighted by molar-refractivity contribution is 8.42. The van der Waals surface area contributed by atoms with E-state index in [1.54, 1.807) is 0 Å². The first-order chi connectivity index (χ1) is 5.91. The van der Waals surface area contributed by atoms with Crippen molar-refractivity contribution in [2.24, 2.45) is 0 Å². The lowest BCUT2D eigenvalue weighted by Crippen LogP contribution is -1.79. The fourth-order valence-corrected chi connectivity index (χ4v) is 6.37. The Kier molecular flexibility index (Phi) is 15.6. The molecule has 8 heteroatoms. The maximum atomic E-state index is 2.42. The van der Waals surface area contributed by atoms with Crippen LogP contribution in [0.3, 0.4) is 0 Å². The highest BCUT2D eigenvalue weighted by atomic mass is 32.2. The van der Waals surface area contributed by atoms with E-state index in [9.17, 15) is 0 Å². The molecule has 0 aromatic carbocycles. The molecule has 12 heavy (non-hydrogen) atoms. The molecule has 0 aliphatic rings. The fraction of sp³-hybridized carbons (Fsp3) is 1.00. The molecule has 3 unspecified atom stereocenters. The molecule has 3 atom stereocenters. The lowest BCUT2D eigenvalue weighted by atomic mass is 10.2. The molecule has 0 rings (SSSR count). The SMILES string of the molecule is C[B]SCS[B]PCP[B]PC. The minimum Gasteiger partial charge on any atom is -0.209 e. The van der Waals surface area contributed by atoms with Crippen LogP contribution in [0.5, 0.6) is 0 Å². The predicted octanol–water partition coefficient (Wildman–Crippen LogP) is 2.77. The number of rotatable bonds is 9. The molecule has 0 aromatic rings. The maximum Gasteiger partial charge on any atom is 0.223 e. The van der Waals surface area contributed by atoms with E-state index in [0.29, 0.717) is 0 Å². The van der Waals surface area contributed by atoms with Gasteiger partial charge in [-0.25, -0.2) is 23.2 Å². The Balaban J connectivity index is 2.73. The Morgan fingerprint density at radius 2 is 2.08 bits per heavy atom. The minimum atomic E-state index is 1.03. The third-order valence-corrected chi connectivity index (χ3v) is 7.28. The van der Waals surface area contributed by atoms with Crippen LogP contribution < -0.4 is 0 Å². The van der Waals surface area contributed by atoms with E-state index < -0.39 is 0 Å². The van der Waals surface area contributed by atoms with Crippen molar-refractivity contribution in [3.05, 3.63) is 0 Å². The third kappa shape index (κ3) is 12.2. The van der Waals surface area contributed by atoms with E-state index in [0.717, 1.165) is 25.4 Å². The molecule has 0 aliphatic carbocycles. The Hall–Kier alpha value is 2.18. The van der Waals surface area contributed by atoms with Crippen LogP contribution >= 0.6 is 48.6 Å². The van der Waals surface area contributed by atoms with Crippen LogP contribution in [0.15, 0.2) is 0 Å². The van der Waals surface area contributed by atoms with E-state index in [-0.39, 0.29) is 0 Å². The van der Waals surface area contributed by atoms with Gasteiger partial charge in [-0.2, -0.15) is 16.9 Å². The van der Waals surface area contributed by atoms with Gasteiger partial charge in [-0.3, -0.25) is 0 Å². The van der Waals surface area contributed by atoms with Crippen molar-refractivity contribution in [3.63, 3.8) is 0 Å². The zero-order chi connectivity index (χ0) is 9.07. The summed E-state index contributed by atoms with van der Waals surface area (Å²) in [5, 5.41) is 1.19. The van der Waals surface area contributed by atoms with Gasteiger partial charge in [0.25, 0.3) is 0 Å². The van der Waals surface area contributed by atoms with Gasteiger partial charge >= 0.3 is 0 Å². The van der Waals surface area contributed by atoms with Gasteiger partial charge in [-0.05, 0) is 5.90 Å². The second-order valence-electron chi connectivity index (χ2n) is 1.82. The molecule has 0 nitrogen and oxygen atoms in total. The fourth-order valence-electron chi connectivity index (χ4n) is 0.454. The molecule has 0 bridgehead atoms. The van der Waals surface area contributed by atoms with Crippen molar-refractivity contribution < 1.29 is 0 Å². The first-order valence-corrected chi connectivity index (χ1v) is 9.94. The number of hydrogen-bond donors (Lipinski definition) is 0. The van der Waals surface area contributed by atoms with Gasteiger partial charge in [-0.15, -0.1) is 8.46 Å². The molecule has 0 aliphatic heterocycles. The first kappa shape index (κ1) is 14.2. The smallest absolute Gasteiger partial charge is 0.209 e. The van der Waals surface area contributed by atoms with Crippen LogP contribution in [-0.4, -0.2) is 37.2 Å².